The van der Waals surface area contributed by atoms with Gasteiger partial charge in [-0.3, -0.25) is 9.48 Å². The summed E-state index contributed by atoms with van der Waals surface area (Å²) in [6.45, 7) is 5.48. The number of nitrogens with one attached hydrogen (secondary N) is 1. The van der Waals surface area contributed by atoms with E-state index < -0.39 is 0 Å². The number of aromatic nitrogens is 4. The number of nitrogens with zero attached hydrogens (tertiary/aromatic N) is 5. The third-order valence-electron chi connectivity index (χ3n) is 5.49. The Labute approximate surface area is 153 Å². The zero-order chi connectivity index (χ0) is 17.9. The Morgan fingerprint density at radius 3 is 3.00 bits per heavy atom. The summed E-state index contributed by atoms with van der Waals surface area (Å²) in [6.07, 6.45) is 9.00. The second kappa shape index (κ2) is 7.53. The van der Waals surface area contributed by atoms with E-state index in [4.69, 9.17) is 4.98 Å². The number of piperidine rings is 1. The maximum Gasteiger partial charge on any atom is 0.224 e. The van der Waals surface area contributed by atoms with Gasteiger partial charge in [0.25, 0.3) is 0 Å². The molecule has 2 aliphatic rings. The molecule has 1 fully saturated rings. The lowest BCUT2D eigenvalue weighted by atomic mass is 9.95. The summed E-state index contributed by atoms with van der Waals surface area (Å²) in [4.78, 5) is 24.0. The predicted molar refractivity (Wildman–Crippen MR) is 97.6 cm³/mol. The van der Waals surface area contributed by atoms with Gasteiger partial charge in [0, 0.05) is 74.8 Å². The topological polar surface area (TPSA) is 75.9 Å². The molecule has 2 aromatic heterocycles. The molecule has 1 atom stereocenters. The lowest BCUT2D eigenvalue weighted by molar-refractivity contribution is -0.133. The summed E-state index contributed by atoms with van der Waals surface area (Å²) < 4.78 is 1.85. The van der Waals surface area contributed by atoms with Gasteiger partial charge < -0.3 is 10.2 Å². The summed E-state index contributed by atoms with van der Waals surface area (Å²) in [5, 5.41) is 7.58. The second-order valence-electron chi connectivity index (χ2n) is 7.32. The van der Waals surface area contributed by atoms with Crippen LogP contribution in [0.5, 0.6) is 0 Å². The first-order valence-electron chi connectivity index (χ1n) is 9.53. The molecule has 0 aliphatic carbocycles. The smallest absolute Gasteiger partial charge is 0.224 e. The number of carbonyl (C=O) groups is 1. The van der Waals surface area contributed by atoms with Gasteiger partial charge in [0.05, 0.1) is 6.04 Å². The van der Waals surface area contributed by atoms with E-state index >= 15 is 0 Å². The van der Waals surface area contributed by atoms with E-state index in [9.17, 15) is 4.79 Å². The number of carbonyl (C=O) groups excluding carboxylic acids is 1. The van der Waals surface area contributed by atoms with Crippen LogP contribution >= 0.6 is 0 Å². The van der Waals surface area contributed by atoms with Crippen molar-refractivity contribution in [2.75, 3.05) is 19.6 Å². The van der Waals surface area contributed by atoms with Gasteiger partial charge in [-0.25, -0.2) is 9.97 Å². The zero-order valence-electron chi connectivity index (χ0n) is 15.3. The standard InChI is InChI=1S/C19H26N6O/c1-14(25-8-2-6-22-25)11-18(26)24-9-4-15(5-10-24)19-21-13-16-12-20-7-3-17(16)23-19/h2,6,8,13-15,20H,3-5,7,9-12H2,1H3/t14-/m0/s1. The Kier molecular flexibility index (Phi) is 4.97. The van der Waals surface area contributed by atoms with Crippen molar-refractivity contribution in [3.05, 3.63) is 41.7 Å². The maximum atomic E-state index is 12.6. The third kappa shape index (κ3) is 3.62. The SMILES string of the molecule is C[C@@H](CC(=O)N1CCC(c2ncc3c(n2)CCNC3)CC1)n1cccn1. The van der Waals surface area contributed by atoms with Gasteiger partial charge >= 0.3 is 0 Å². The van der Waals surface area contributed by atoms with Crippen LogP contribution in [0.4, 0.5) is 0 Å². The molecule has 0 saturated carbocycles. The van der Waals surface area contributed by atoms with Crippen LogP contribution in [0.2, 0.25) is 0 Å². The van der Waals surface area contributed by atoms with Crippen molar-refractivity contribution >= 4 is 5.91 Å². The first-order valence-corrected chi connectivity index (χ1v) is 9.53. The van der Waals surface area contributed by atoms with Gasteiger partial charge in [0.2, 0.25) is 5.91 Å². The minimum absolute atomic E-state index is 0.0906. The van der Waals surface area contributed by atoms with Crippen LogP contribution in [0.3, 0.4) is 0 Å². The molecule has 4 rings (SSSR count). The molecule has 0 aromatic carbocycles. The summed E-state index contributed by atoms with van der Waals surface area (Å²) in [7, 11) is 0. The average Bonchev–Trinajstić information content (AvgIpc) is 3.23. The van der Waals surface area contributed by atoms with Crippen molar-refractivity contribution in [2.24, 2.45) is 0 Å². The number of rotatable bonds is 4. The molecule has 26 heavy (non-hydrogen) atoms. The van der Waals surface area contributed by atoms with Crippen LogP contribution in [-0.4, -0.2) is 50.2 Å². The number of fused-ring (bicyclic) bond motifs is 1. The Bertz CT molecular complexity index is 751. The molecule has 7 nitrogen and oxygen atoms in total. The first kappa shape index (κ1) is 17.1. The van der Waals surface area contributed by atoms with Crippen LogP contribution in [0.25, 0.3) is 0 Å². The molecule has 138 valence electrons. The fourth-order valence-corrected chi connectivity index (χ4v) is 3.85. The monoisotopic (exact) mass is 354 g/mol. The summed E-state index contributed by atoms with van der Waals surface area (Å²) in [5.41, 5.74) is 2.42. The van der Waals surface area contributed by atoms with Gasteiger partial charge in [-0.15, -0.1) is 0 Å². The Balaban J connectivity index is 1.33. The predicted octanol–water partition coefficient (Wildman–Crippen LogP) is 1.68. The highest BCUT2D eigenvalue weighted by atomic mass is 16.2. The molecular weight excluding hydrogens is 328 g/mol. The molecule has 4 heterocycles. The highest BCUT2D eigenvalue weighted by molar-refractivity contribution is 5.76. The van der Waals surface area contributed by atoms with Crippen molar-refractivity contribution in [3.63, 3.8) is 0 Å². The van der Waals surface area contributed by atoms with Gasteiger partial charge in [-0.05, 0) is 25.8 Å². The molecule has 1 amide bonds. The molecule has 1 N–H and O–H groups in total. The molecule has 0 unspecified atom stereocenters. The average molecular weight is 354 g/mol. The van der Waals surface area contributed by atoms with Gasteiger partial charge in [0.1, 0.15) is 5.82 Å². The quantitative estimate of drug-likeness (QED) is 0.904. The lowest BCUT2D eigenvalue weighted by Gasteiger charge is -2.32. The lowest BCUT2D eigenvalue weighted by Crippen LogP contribution is -2.39. The normalized spacial score (nSPS) is 19.2. The van der Waals surface area contributed by atoms with Gasteiger partial charge in [-0.2, -0.15) is 5.10 Å². The molecular formula is C19H26N6O. The van der Waals surface area contributed by atoms with Gasteiger partial charge in [-0.1, -0.05) is 0 Å². The van der Waals surface area contributed by atoms with Crippen LogP contribution in [0, 0.1) is 0 Å². The summed E-state index contributed by atoms with van der Waals surface area (Å²) in [5.74, 6) is 1.54. The largest absolute Gasteiger partial charge is 0.343 e. The number of hydrogen-bond donors (Lipinski definition) is 1. The highest BCUT2D eigenvalue weighted by Crippen LogP contribution is 2.27. The molecule has 0 radical (unpaired) electrons. The fourth-order valence-electron chi connectivity index (χ4n) is 3.85. The Morgan fingerprint density at radius 2 is 2.23 bits per heavy atom. The molecule has 1 saturated heterocycles. The van der Waals surface area contributed by atoms with Crippen molar-refractivity contribution in [3.8, 4) is 0 Å². The van der Waals surface area contributed by atoms with Crippen LogP contribution in [-0.2, 0) is 17.8 Å². The number of hydrogen-bond acceptors (Lipinski definition) is 5. The van der Waals surface area contributed by atoms with Crippen LogP contribution < -0.4 is 5.32 Å². The van der Waals surface area contributed by atoms with E-state index in [1.54, 1.807) is 6.20 Å². The Morgan fingerprint density at radius 1 is 1.38 bits per heavy atom. The van der Waals surface area contributed by atoms with E-state index in [0.717, 1.165) is 51.3 Å². The van der Waals surface area contributed by atoms with Crippen molar-refractivity contribution < 1.29 is 4.79 Å². The van der Waals surface area contributed by atoms with E-state index in [1.165, 1.54) is 11.3 Å². The first-order chi connectivity index (χ1) is 12.7. The second-order valence-corrected chi connectivity index (χ2v) is 7.32. The van der Waals surface area contributed by atoms with Gasteiger partial charge in [0.15, 0.2) is 0 Å². The molecule has 2 aliphatic heterocycles. The number of likely N-dealkylation sites (tertiary alicyclic amines) is 1. The molecule has 0 bridgehead atoms. The van der Waals surface area contributed by atoms with Crippen molar-refractivity contribution in [2.45, 2.75) is 51.1 Å². The fraction of sp³-hybridized carbons (Fsp3) is 0.579. The van der Waals surface area contributed by atoms with Crippen LogP contribution in [0.1, 0.15) is 55.2 Å². The van der Waals surface area contributed by atoms with E-state index in [1.807, 2.05) is 35.0 Å². The summed E-state index contributed by atoms with van der Waals surface area (Å²) in [6, 6.07) is 1.98. The third-order valence-corrected chi connectivity index (χ3v) is 5.49. The molecule has 7 heteroatoms. The van der Waals surface area contributed by atoms with Crippen molar-refractivity contribution in [1.82, 2.24) is 30.0 Å². The van der Waals surface area contributed by atoms with E-state index in [-0.39, 0.29) is 11.9 Å². The highest BCUT2D eigenvalue weighted by Gasteiger charge is 2.27. The van der Waals surface area contributed by atoms with E-state index in [0.29, 0.717) is 12.3 Å². The van der Waals surface area contributed by atoms with E-state index in [2.05, 4.69) is 15.4 Å². The minimum atomic E-state index is 0.0906. The minimum Gasteiger partial charge on any atom is -0.343 e. The summed E-state index contributed by atoms with van der Waals surface area (Å²) >= 11 is 0. The van der Waals surface area contributed by atoms with Crippen molar-refractivity contribution in [1.29, 1.82) is 0 Å². The molecule has 2 aromatic rings. The maximum absolute atomic E-state index is 12.6. The van der Waals surface area contributed by atoms with Crippen LogP contribution in [0.15, 0.2) is 24.7 Å². The Hall–Kier alpha value is -2.28. The zero-order valence-corrected chi connectivity index (χ0v) is 15.3. The molecule has 0 spiro atoms. The number of amides is 1.